The summed E-state index contributed by atoms with van der Waals surface area (Å²) in [7, 11) is 0. The molecule has 0 aliphatic carbocycles. The molecule has 0 aromatic heterocycles. The lowest BCUT2D eigenvalue weighted by atomic mass is 9.89. The van der Waals surface area contributed by atoms with Crippen molar-refractivity contribution in [3.05, 3.63) is 35.4 Å². The molecule has 0 spiro atoms. The predicted octanol–water partition coefficient (Wildman–Crippen LogP) is 4.34. The molecule has 1 aromatic carbocycles. The number of aryl methyl sites for hydroxylation is 1. The van der Waals surface area contributed by atoms with E-state index in [-0.39, 0.29) is 0 Å². The highest BCUT2D eigenvalue weighted by Crippen LogP contribution is 2.18. The van der Waals surface area contributed by atoms with Crippen molar-refractivity contribution in [2.75, 3.05) is 6.54 Å². The van der Waals surface area contributed by atoms with E-state index >= 15 is 0 Å². The summed E-state index contributed by atoms with van der Waals surface area (Å²) in [4.78, 5) is 0. The van der Waals surface area contributed by atoms with E-state index in [9.17, 15) is 0 Å². The summed E-state index contributed by atoms with van der Waals surface area (Å²) in [6.07, 6.45) is 4.91. The van der Waals surface area contributed by atoms with Gasteiger partial charge < -0.3 is 5.32 Å². The Morgan fingerprint density at radius 3 is 2.11 bits per heavy atom. The summed E-state index contributed by atoms with van der Waals surface area (Å²) in [5.41, 5.74) is 2.81. The Kier molecular flexibility index (Phi) is 7.04. The second kappa shape index (κ2) is 8.31. The summed E-state index contributed by atoms with van der Waals surface area (Å²) < 4.78 is 0. The normalized spacial score (nSPS) is 12.9. The van der Waals surface area contributed by atoms with Gasteiger partial charge in [0, 0.05) is 6.04 Å². The van der Waals surface area contributed by atoms with Gasteiger partial charge in [0.1, 0.15) is 0 Å². The van der Waals surface area contributed by atoms with Crippen molar-refractivity contribution in [1.29, 1.82) is 0 Å². The van der Waals surface area contributed by atoms with Crippen molar-refractivity contribution in [2.24, 2.45) is 5.92 Å². The van der Waals surface area contributed by atoms with Crippen LogP contribution in [-0.2, 0) is 6.42 Å². The van der Waals surface area contributed by atoms with Crippen LogP contribution in [0.3, 0.4) is 0 Å². The van der Waals surface area contributed by atoms with Crippen LogP contribution in [0.1, 0.15) is 51.2 Å². The minimum Gasteiger partial charge on any atom is -0.313 e. The van der Waals surface area contributed by atoms with Gasteiger partial charge in [-0.1, -0.05) is 63.4 Å². The third kappa shape index (κ3) is 4.81. The molecule has 1 unspecified atom stereocenters. The van der Waals surface area contributed by atoms with E-state index in [4.69, 9.17) is 0 Å². The molecular formula is C17H29N. The van der Waals surface area contributed by atoms with Crippen molar-refractivity contribution in [3.63, 3.8) is 0 Å². The number of hydrogen-bond acceptors (Lipinski definition) is 1. The van der Waals surface area contributed by atoms with Crippen LogP contribution in [0.15, 0.2) is 24.3 Å². The smallest absolute Gasteiger partial charge is 0.0135 e. The zero-order chi connectivity index (χ0) is 13.4. The molecule has 0 aliphatic rings. The summed E-state index contributed by atoms with van der Waals surface area (Å²) in [5, 5.41) is 3.73. The van der Waals surface area contributed by atoms with Crippen LogP contribution in [0.4, 0.5) is 0 Å². The van der Waals surface area contributed by atoms with E-state index in [1.54, 1.807) is 0 Å². The van der Waals surface area contributed by atoms with Crippen LogP contribution in [-0.4, -0.2) is 12.6 Å². The van der Waals surface area contributed by atoms with E-state index in [1.165, 1.54) is 30.4 Å². The Balaban J connectivity index is 2.67. The summed E-state index contributed by atoms with van der Waals surface area (Å²) in [6, 6.07) is 9.62. The van der Waals surface area contributed by atoms with Crippen molar-refractivity contribution in [2.45, 2.75) is 59.4 Å². The summed E-state index contributed by atoms with van der Waals surface area (Å²) >= 11 is 0. The average Bonchev–Trinajstić information content (AvgIpc) is 2.39. The minimum absolute atomic E-state index is 0.627. The minimum atomic E-state index is 0.627. The second-order valence-electron chi connectivity index (χ2n) is 5.33. The third-order valence-electron chi connectivity index (χ3n) is 3.85. The molecule has 1 aromatic rings. The van der Waals surface area contributed by atoms with Gasteiger partial charge in [-0.3, -0.25) is 0 Å². The first-order valence-corrected chi connectivity index (χ1v) is 7.50. The Bertz CT molecular complexity index is 311. The fourth-order valence-corrected chi connectivity index (χ4v) is 2.57. The fourth-order valence-electron chi connectivity index (χ4n) is 2.57. The van der Waals surface area contributed by atoms with Gasteiger partial charge in [0.2, 0.25) is 0 Å². The molecule has 0 fully saturated rings. The van der Waals surface area contributed by atoms with E-state index in [1.807, 2.05) is 0 Å². The second-order valence-corrected chi connectivity index (χ2v) is 5.33. The molecule has 1 N–H and O–H groups in total. The highest BCUT2D eigenvalue weighted by molar-refractivity contribution is 5.22. The summed E-state index contributed by atoms with van der Waals surface area (Å²) in [5.74, 6) is 0.790. The van der Waals surface area contributed by atoms with Gasteiger partial charge >= 0.3 is 0 Å². The SMILES string of the molecule is CCCNC(Cc1ccc(C)cc1)C(CC)CC. The molecular weight excluding hydrogens is 218 g/mol. The monoisotopic (exact) mass is 247 g/mol. The van der Waals surface area contributed by atoms with Crippen molar-refractivity contribution in [3.8, 4) is 0 Å². The molecule has 1 nitrogen and oxygen atoms in total. The van der Waals surface area contributed by atoms with Gasteiger partial charge in [0.15, 0.2) is 0 Å². The van der Waals surface area contributed by atoms with Gasteiger partial charge in [0.25, 0.3) is 0 Å². The zero-order valence-corrected chi connectivity index (χ0v) is 12.5. The fraction of sp³-hybridized carbons (Fsp3) is 0.647. The first-order valence-electron chi connectivity index (χ1n) is 7.50. The highest BCUT2D eigenvalue weighted by Gasteiger charge is 2.17. The standard InChI is InChI=1S/C17H29N/c1-5-12-18-17(16(6-2)7-3)13-15-10-8-14(4)9-11-15/h8-11,16-18H,5-7,12-13H2,1-4H3. The molecule has 102 valence electrons. The van der Waals surface area contributed by atoms with Crippen molar-refractivity contribution >= 4 is 0 Å². The Labute approximate surface area is 113 Å². The molecule has 0 amide bonds. The van der Waals surface area contributed by atoms with Crippen LogP contribution >= 0.6 is 0 Å². The first kappa shape index (κ1) is 15.2. The quantitative estimate of drug-likeness (QED) is 0.720. The Morgan fingerprint density at radius 2 is 1.61 bits per heavy atom. The van der Waals surface area contributed by atoms with Crippen LogP contribution in [0.5, 0.6) is 0 Å². The molecule has 1 heteroatoms. The molecule has 1 rings (SSSR count). The largest absolute Gasteiger partial charge is 0.313 e. The summed E-state index contributed by atoms with van der Waals surface area (Å²) in [6.45, 7) is 10.1. The Hall–Kier alpha value is -0.820. The molecule has 0 saturated heterocycles. The van der Waals surface area contributed by atoms with Gasteiger partial charge in [-0.15, -0.1) is 0 Å². The van der Waals surface area contributed by atoms with E-state index in [0.29, 0.717) is 6.04 Å². The third-order valence-corrected chi connectivity index (χ3v) is 3.85. The van der Waals surface area contributed by atoms with Crippen LogP contribution in [0, 0.1) is 12.8 Å². The van der Waals surface area contributed by atoms with E-state index in [2.05, 4.69) is 57.3 Å². The van der Waals surface area contributed by atoms with Crippen molar-refractivity contribution < 1.29 is 0 Å². The molecule has 1 atom stereocenters. The van der Waals surface area contributed by atoms with Crippen molar-refractivity contribution in [1.82, 2.24) is 5.32 Å². The maximum Gasteiger partial charge on any atom is 0.0135 e. The van der Waals surface area contributed by atoms with Crippen LogP contribution < -0.4 is 5.32 Å². The van der Waals surface area contributed by atoms with E-state index < -0.39 is 0 Å². The molecule has 0 heterocycles. The van der Waals surface area contributed by atoms with Crippen LogP contribution in [0.25, 0.3) is 0 Å². The molecule has 0 bridgehead atoms. The molecule has 18 heavy (non-hydrogen) atoms. The first-order chi connectivity index (χ1) is 8.71. The number of hydrogen-bond donors (Lipinski definition) is 1. The maximum absolute atomic E-state index is 3.73. The van der Waals surface area contributed by atoms with Gasteiger partial charge in [0.05, 0.1) is 0 Å². The lowest BCUT2D eigenvalue weighted by Gasteiger charge is -2.26. The van der Waals surface area contributed by atoms with Crippen LogP contribution in [0.2, 0.25) is 0 Å². The maximum atomic E-state index is 3.73. The lowest BCUT2D eigenvalue weighted by Crippen LogP contribution is -2.38. The topological polar surface area (TPSA) is 12.0 Å². The van der Waals surface area contributed by atoms with Gasteiger partial charge in [-0.05, 0) is 37.8 Å². The van der Waals surface area contributed by atoms with Gasteiger partial charge in [-0.25, -0.2) is 0 Å². The average molecular weight is 247 g/mol. The Morgan fingerprint density at radius 1 is 1.00 bits per heavy atom. The molecule has 0 radical (unpaired) electrons. The highest BCUT2D eigenvalue weighted by atomic mass is 14.9. The van der Waals surface area contributed by atoms with E-state index in [0.717, 1.165) is 18.9 Å². The lowest BCUT2D eigenvalue weighted by molar-refractivity contribution is 0.332. The molecule has 0 aliphatic heterocycles. The zero-order valence-electron chi connectivity index (χ0n) is 12.5. The number of nitrogens with one attached hydrogen (secondary N) is 1. The van der Waals surface area contributed by atoms with Gasteiger partial charge in [-0.2, -0.15) is 0 Å². The molecule has 0 saturated carbocycles. The predicted molar refractivity (Wildman–Crippen MR) is 81.0 cm³/mol. The number of benzene rings is 1. The number of rotatable bonds is 8.